The van der Waals surface area contributed by atoms with Crippen LogP contribution >= 0.6 is 0 Å². The van der Waals surface area contributed by atoms with E-state index in [4.69, 9.17) is 14.2 Å². The predicted octanol–water partition coefficient (Wildman–Crippen LogP) is 0.471. The molecule has 0 aromatic carbocycles. The number of carbonyl (C=O) groups is 1. The van der Waals surface area contributed by atoms with E-state index in [-0.39, 0.29) is 57.8 Å². The van der Waals surface area contributed by atoms with E-state index in [1.807, 2.05) is 0 Å². The third-order valence-corrected chi connectivity index (χ3v) is 4.82. The van der Waals surface area contributed by atoms with Crippen LogP contribution < -0.4 is 61.8 Å². The minimum absolute atomic E-state index is 0. The number of hydrogen-bond acceptors (Lipinski definition) is 6. The number of carboxylic acid groups (broad SMARTS) is 1. The second-order valence-electron chi connectivity index (χ2n) is 7.60. The minimum Gasteiger partial charge on any atom is -0.550 e. The zero-order chi connectivity index (χ0) is 21.3. The predicted molar refractivity (Wildman–Crippen MR) is 116 cm³/mol. The standard InChI is InChI=1S/C23H47NO5.K/c1-2-3-4-5-6-7-8-9-10-11-12-13-17-27-19-21-29-22-20-28-18-16-24-15-14-23(25)26;/h24H,2-22H2,1H3,(H,25,26);/q;+1/p-1. The molecule has 30 heavy (non-hydrogen) atoms. The SMILES string of the molecule is CCCCCCCCCCCCCCOCCOCCOCCNCCC(=O)[O-].[K+]. The van der Waals surface area contributed by atoms with Crippen LogP contribution in [-0.2, 0) is 19.0 Å². The van der Waals surface area contributed by atoms with E-state index < -0.39 is 5.97 Å². The average molecular weight is 456 g/mol. The summed E-state index contributed by atoms with van der Waals surface area (Å²) in [4.78, 5) is 10.2. The summed E-state index contributed by atoms with van der Waals surface area (Å²) >= 11 is 0. The molecule has 0 aromatic rings. The number of rotatable bonds is 25. The molecule has 7 heteroatoms. The van der Waals surface area contributed by atoms with E-state index >= 15 is 0 Å². The number of carbonyl (C=O) groups excluding carboxylic acids is 1. The fourth-order valence-corrected chi connectivity index (χ4v) is 3.05. The van der Waals surface area contributed by atoms with E-state index in [1.165, 1.54) is 70.6 Å². The van der Waals surface area contributed by atoms with Crippen LogP contribution in [0.3, 0.4) is 0 Å². The van der Waals surface area contributed by atoms with Gasteiger partial charge in [-0.05, 0) is 12.8 Å². The first kappa shape index (κ1) is 33.1. The van der Waals surface area contributed by atoms with Crippen molar-refractivity contribution in [2.75, 3.05) is 52.7 Å². The quantitative estimate of drug-likeness (QED) is 0.159. The molecule has 0 rings (SSSR count). The smallest absolute Gasteiger partial charge is 0.550 e. The Balaban J connectivity index is 0. The molecule has 0 amide bonds. The maximum absolute atomic E-state index is 10.2. The van der Waals surface area contributed by atoms with Crippen molar-refractivity contribution < 1.29 is 75.5 Å². The van der Waals surface area contributed by atoms with Crippen LogP contribution in [0.1, 0.15) is 90.4 Å². The van der Waals surface area contributed by atoms with Crippen molar-refractivity contribution in [3.05, 3.63) is 0 Å². The summed E-state index contributed by atoms with van der Waals surface area (Å²) < 4.78 is 16.4. The fraction of sp³-hybridized carbons (Fsp3) is 0.957. The van der Waals surface area contributed by atoms with Crippen LogP contribution in [0.5, 0.6) is 0 Å². The van der Waals surface area contributed by atoms with Crippen molar-refractivity contribution in [1.29, 1.82) is 0 Å². The van der Waals surface area contributed by atoms with E-state index in [2.05, 4.69) is 12.2 Å². The summed E-state index contributed by atoms with van der Waals surface area (Å²) in [6, 6.07) is 0. The van der Waals surface area contributed by atoms with E-state index in [0.29, 0.717) is 46.1 Å². The van der Waals surface area contributed by atoms with Gasteiger partial charge in [-0.3, -0.25) is 0 Å². The van der Waals surface area contributed by atoms with Crippen molar-refractivity contribution in [3.63, 3.8) is 0 Å². The van der Waals surface area contributed by atoms with Crippen LogP contribution in [-0.4, -0.2) is 58.7 Å². The molecule has 0 aliphatic heterocycles. The molecule has 0 aliphatic rings. The number of carboxylic acids is 1. The molecule has 0 aliphatic carbocycles. The molecule has 0 fully saturated rings. The third kappa shape index (κ3) is 31.1. The summed E-state index contributed by atoms with van der Waals surface area (Å²) in [5.41, 5.74) is 0. The van der Waals surface area contributed by atoms with Gasteiger partial charge in [-0.25, -0.2) is 0 Å². The van der Waals surface area contributed by atoms with E-state index in [0.717, 1.165) is 13.0 Å². The molecule has 0 saturated carbocycles. The van der Waals surface area contributed by atoms with Gasteiger partial charge >= 0.3 is 51.4 Å². The zero-order valence-corrected chi connectivity index (χ0v) is 23.0. The first-order valence-corrected chi connectivity index (χ1v) is 11.9. The summed E-state index contributed by atoms with van der Waals surface area (Å²) in [5.74, 6) is -1.03. The number of ether oxygens (including phenoxy) is 3. The van der Waals surface area contributed by atoms with Crippen molar-refractivity contribution in [1.82, 2.24) is 5.32 Å². The molecule has 174 valence electrons. The van der Waals surface area contributed by atoms with Crippen molar-refractivity contribution in [2.45, 2.75) is 90.4 Å². The molecule has 0 unspecified atom stereocenters. The number of nitrogens with one attached hydrogen (secondary N) is 1. The van der Waals surface area contributed by atoms with Crippen LogP contribution in [0.2, 0.25) is 0 Å². The molecule has 0 spiro atoms. The van der Waals surface area contributed by atoms with E-state index in [9.17, 15) is 9.90 Å². The Bertz CT molecular complexity index is 335. The van der Waals surface area contributed by atoms with Gasteiger partial charge in [0.15, 0.2) is 0 Å². The second-order valence-corrected chi connectivity index (χ2v) is 7.60. The Morgan fingerprint density at radius 2 is 1.07 bits per heavy atom. The molecule has 0 atom stereocenters. The molecule has 6 nitrogen and oxygen atoms in total. The van der Waals surface area contributed by atoms with Crippen molar-refractivity contribution >= 4 is 5.97 Å². The average Bonchev–Trinajstić information content (AvgIpc) is 2.71. The molecular weight excluding hydrogens is 409 g/mol. The third-order valence-electron chi connectivity index (χ3n) is 4.82. The monoisotopic (exact) mass is 455 g/mol. The first-order valence-electron chi connectivity index (χ1n) is 11.9. The number of hydrogen-bond donors (Lipinski definition) is 1. The van der Waals surface area contributed by atoms with Gasteiger partial charge in [0.1, 0.15) is 0 Å². The molecule has 0 bridgehead atoms. The van der Waals surface area contributed by atoms with Crippen LogP contribution in [0.4, 0.5) is 0 Å². The van der Waals surface area contributed by atoms with Crippen molar-refractivity contribution in [3.8, 4) is 0 Å². The topological polar surface area (TPSA) is 79.8 Å². The fourth-order valence-electron chi connectivity index (χ4n) is 3.05. The van der Waals surface area contributed by atoms with Gasteiger partial charge in [-0.1, -0.05) is 77.6 Å². The first-order chi connectivity index (χ1) is 14.3. The van der Waals surface area contributed by atoms with Crippen molar-refractivity contribution in [2.24, 2.45) is 0 Å². The Morgan fingerprint density at radius 1 is 0.633 bits per heavy atom. The van der Waals surface area contributed by atoms with Gasteiger partial charge in [0, 0.05) is 25.7 Å². The minimum atomic E-state index is -1.03. The number of unbranched alkanes of at least 4 members (excludes halogenated alkanes) is 11. The van der Waals surface area contributed by atoms with Gasteiger partial charge in [-0.15, -0.1) is 0 Å². The Labute approximate surface area is 228 Å². The normalized spacial score (nSPS) is 10.8. The van der Waals surface area contributed by atoms with Crippen LogP contribution in [0.15, 0.2) is 0 Å². The molecule has 1 N–H and O–H groups in total. The largest absolute Gasteiger partial charge is 1.00 e. The van der Waals surface area contributed by atoms with Gasteiger partial charge < -0.3 is 29.4 Å². The number of aliphatic carboxylic acids is 1. The summed E-state index contributed by atoms with van der Waals surface area (Å²) in [5, 5.41) is 13.2. The van der Waals surface area contributed by atoms with Gasteiger partial charge in [0.25, 0.3) is 0 Å². The van der Waals surface area contributed by atoms with Crippen LogP contribution in [0, 0.1) is 0 Å². The van der Waals surface area contributed by atoms with Gasteiger partial charge in [0.05, 0.1) is 33.0 Å². The second kappa shape index (κ2) is 29.9. The zero-order valence-electron chi connectivity index (χ0n) is 19.9. The molecular formula is C23H46KNO5. The maximum atomic E-state index is 10.2. The summed E-state index contributed by atoms with van der Waals surface area (Å²) in [6.07, 6.45) is 16.3. The van der Waals surface area contributed by atoms with Gasteiger partial charge in [-0.2, -0.15) is 0 Å². The summed E-state index contributed by atoms with van der Waals surface area (Å²) in [7, 11) is 0. The Morgan fingerprint density at radius 3 is 1.57 bits per heavy atom. The molecule has 0 heterocycles. The maximum Gasteiger partial charge on any atom is 1.00 e. The van der Waals surface area contributed by atoms with E-state index in [1.54, 1.807) is 0 Å². The summed E-state index contributed by atoms with van der Waals surface area (Å²) in [6.45, 7) is 7.04. The Kier molecular flexibility index (Phi) is 33.1. The molecule has 0 aromatic heterocycles. The van der Waals surface area contributed by atoms with Crippen LogP contribution in [0.25, 0.3) is 0 Å². The Hall–Kier alpha value is 0.946. The van der Waals surface area contributed by atoms with Gasteiger partial charge in [0.2, 0.25) is 0 Å². The molecule has 0 radical (unpaired) electrons. The molecule has 0 saturated heterocycles.